The van der Waals surface area contributed by atoms with Crippen molar-refractivity contribution in [1.29, 1.82) is 0 Å². The van der Waals surface area contributed by atoms with E-state index in [4.69, 9.17) is 9.15 Å². The molecule has 1 aromatic heterocycles. The van der Waals surface area contributed by atoms with Crippen molar-refractivity contribution in [1.82, 2.24) is 5.32 Å². The fourth-order valence-electron chi connectivity index (χ4n) is 2.98. The highest BCUT2D eigenvalue weighted by Crippen LogP contribution is 2.30. The Hall–Kier alpha value is -3.28. The molecule has 2 heterocycles. The van der Waals surface area contributed by atoms with Crippen LogP contribution in [0.1, 0.15) is 25.1 Å². The second kappa shape index (κ2) is 6.55. The van der Waals surface area contributed by atoms with Crippen LogP contribution in [0.25, 0.3) is 11.0 Å². The first-order chi connectivity index (χ1) is 12.6. The van der Waals surface area contributed by atoms with Crippen LogP contribution >= 0.6 is 0 Å². The van der Waals surface area contributed by atoms with Crippen molar-refractivity contribution in [2.45, 2.75) is 25.5 Å². The van der Waals surface area contributed by atoms with Gasteiger partial charge in [-0.15, -0.1) is 0 Å². The van der Waals surface area contributed by atoms with E-state index in [9.17, 15) is 9.59 Å². The highest BCUT2D eigenvalue weighted by atomic mass is 16.5. The van der Waals surface area contributed by atoms with Crippen molar-refractivity contribution in [2.75, 3.05) is 5.32 Å². The first-order valence-corrected chi connectivity index (χ1v) is 8.44. The average molecular weight is 350 g/mol. The Morgan fingerprint density at radius 2 is 1.96 bits per heavy atom. The smallest absolute Gasteiger partial charge is 0.266 e. The Kier molecular flexibility index (Phi) is 4.08. The van der Waals surface area contributed by atoms with E-state index in [-0.39, 0.29) is 24.3 Å². The number of benzene rings is 2. The summed E-state index contributed by atoms with van der Waals surface area (Å²) >= 11 is 0. The summed E-state index contributed by atoms with van der Waals surface area (Å²) in [5.74, 6) is 0.627. The van der Waals surface area contributed by atoms with Gasteiger partial charge < -0.3 is 19.8 Å². The van der Waals surface area contributed by atoms with Gasteiger partial charge in [-0.05, 0) is 31.2 Å². The predicted octanol–water partition coefficient (Wildman–Crippen LogP) is 3.40. The molecule has 0 fully saturated rings. The van der Waals surface area contributed by atoms with Crippen molar-refractivity contribution < 1.29 is 18.7 Å². The van der Waals surface area contributed by atoms with Gasteiger partial charge in [-0.1, -0.05) is 30.3 Å². The van der Waals surface area contributed by atoms with E-state index < -0.39 is 6.10 Å². The molecule has 6 heteroatoms. The van der Waals surface area contributed by atoms with Crippen molar-refractivity contribution >= 4 is 28.5 Å². The van der Waals surface area contributed by atoms with E-state index in [0.717, 1.165) is 11.0 Å². The highest BCUT2D eigenvalue weighted by molar-refractivity contribution is 6.00. The molecule has 0 aliphatic carbocycles. The lowest BCUT2D eigenvalue weighted by Gasteiger charge is -2.25. The average Bonchev–Trinajstić information content (AvgIpc) is 3.06. The van der Waals surface area contributed by atoms with Crippen LogP contribution in [0.15, 0.2) is 59.0 Å². The summed E-state index contributed by atoms with van der Waals surface area (Å²) in [6.07, 6.45) is -0.919. The second-order valence-corrected chi connectivity index (χ2v) is 6.27. The van der Waals surface area contributed by atoms with E-state index in [1.54, 1.807) is 12.1 Å². The number of amides is 2. The van der Waals surface area contributed by atoms with Crippen LogP contribution in [0.2, 0.25) is 0 Å². The number of para-hydroxylation sites is 3. The molecule has 1 aliphatic heterocycles. The van der Waals surface area contributed by atoms with Crippen molar-refractivity contribution in [3.05, 3.63) is 60.4 Å². The molecule has 26 heavy (non-hydrogen) atoms. The Labute approximate surface area is 150 Å². The number of hydrogen-bond donors (Lipinski definition) is 2. The number of furan rings is 1. The topological polar surface area (TPSA) is 80.6 Å². The van der Waals surface area contributed by atoms with Gasteiger partial charge in [-0.25, -0.2) is 0 Å². The zero-order valence-corrected chi connectivity index (χ0v) is 14.2. The fraction of sp³-hybridized carbons (Fsp3) is 0.200. The third kappa shape index (κ3) is 3.13. The molecular formula is C20H18N2O4. The number of fused-ring (bicyclic) bond motifs is 2. The number of hydrogen-bond acceptors (Lipinski definition) is 4. The molecule has 2 amide bonds. The Balaban J connectivity index is 1.41. The number of anilines is 1. The van der Waals surface area contributed by atoms with Crippen LogP contribution in [0.5, 0.6) is 5.75 Å². The van der Waals surface area contributed by atoms with Gasteiger partial charge in [0, 0.05) is 5.39 Å². The predicted molar refractivity (Wildman–Crippen MR) is 96.9 cm³/mol. The Morgan fingerprint density at radius 1 is 1.19 bits per heavy atom. The molecule has 2 aromatic carbocycles. The molecule has 0 saturated heterocycles. The Morgan fingerprint density at radius 3 is 2.81 bits per heavy atom. The molecule has 0 bridgehead atoms. The number of rotatable bonds is 4. The quantitative estimate of drug-likeness (QED) is 0.756. The molecule has 0 unspecified atom stereocenters. The lowest BCUT2D eigenvalue weighted by molar-refractivity contribution is -0.130. The standard InChI is InChI=1S/C20H18N2O4/c1-12(17-10-13-6-2-4-8-15(13)25-17)21-19(23)11-18-20(24)22-14-7-3-5-9-16(14)26-18/h2-10,12,18H,11H2,1H3,(H,21,23)(H,22,24)/t12-,18-/m1/s1. The lowest BCUT2D eigenvalue weighted by atomic mass is 10.1. The van der Waals surface area contributed by atoms with Crippen LogP contribution in [0.4, 0.5) is 5.69 Å². The van der Waals surface area contributed by atoms with Gasteiger partial charge in [0.2, 0.25) is 5.91 Å². The van der Waals surface area contributed by atoms with E-state index in [1.165, 1.54) is 0 Å². The largest absolute Gasteiger partial charge is 0.478 e. The maximum Gasteiger partial charge on any atom is 0.266 e. The van der Waals surface area contributed by atoms with Crippen LogP contribution < -0.4 is 15.4 Å². The van der Waals surface area contributed by atoms with Gasteiger partial charge in [-0.3, -0.25) is 9.59 Å². The fourth-order valence-corrected chi connectivity index (χ4v) is 2.98. The molecule has 2 atom stereocenters. The molecule has 1 aliphatic rings. The number of nitrogens with one attached hydrogen (secondary N) is 2. The lowest BCUT2D eigenvalue weighted by Crippen LogP contribution is -2.41. The molecule has 4 rings (SSSR count). The number of carbonyl (C=O) groups excluding carboxylic acids is 2. The van der Waals surface area contributed by atoms with Gasteiger partial charge in [0.1, 0.15) is 17.1 Å². The summed E-state index contributed by atoms with van der Waals surface area (Å²) in [6.45, 7) is 1.84. The zero-order chi connectivity index (χ0) is 18.1. The molecule has 132 valence electrons. The monoisotopic (exact) mass is 350 g/mol. The minimum Gasteiger partial charge on any atom is -0.478 e. The van der Waals surface area contributed by atoms with Gasteiger partial charge in [-0.2, -0.15) is 0 Å². The van der Waals surface area contributed by atoms with E-state index in [0.29, 0.717) is 17.2 Å². The number of ether oxygens (including phenoxy) is 1. The number of carbonyl (C=O) groups is 2. The molecule has 2 N–H and O–H groups in total. The molecule has 0 saturated carbocycles. The summed E-state index contributed by atoms with van der Waals surface area (Å²) in [5.41, 5.74) is 1.39. The summed E-state index contributed by atoms with van der Waals surface area (Å²) < 4.78 is 11.4. The molecule has 0 radical (unpaired) electrons. The van der Waals surface area contributed by atoms with Gasteiger partial charge in [0.05, 0.1) is 18.2 Å². The minimum atomic E-state index is -0.854. The van der Waals surface area contributed by atoms with Gasteiger partial charge in [0.15, 0.2) is 6.10 Å². The maximum atomic E-state index is 12.4. The van der Waals surface area contributed by atoms with Crippen LogP contribution in [0.3, 0.4) is 0 Å². The molecule has 3 aromatic rings. The summed E-state index contributed by atoms with van der Waals surface area (Å²) in [6, 6.07) is 16.4. The van der Waals surface area contributed by atoms with Crippen molar-refractivity contribution in [2.24, 2.45) is 0 Å². The Bertz CT molecular complexity index is 946. The first kappa shape index (κ1) is 16.2. The van der Waals surface area contributed by atoms with E-state index >= 15 is 0 Å². The van der Waals surface area contributed by atoms with E-state index in [1.807, 2.05) is 49.4 Å². The van der Waals surface area contributed by atoms with Crippen molar-refractivity contribution in [3.8, 4) is 5.75 Å². The van der Waals surface area contributed by atoms with Gasteiger partial charge in [0.25, 0.3) is 5.91 Å². The second-order valence-electron chi connectivity index (χ2n) is 6.27. The summed E-state index contributed by atoms with van der Waals surface area (Å²) in [4.78, 5) is 24.5. The minimum absolute atomic E-state index is 0.0647. The van der Waals surface area contributed by atoms with Crippen LogP contribution in [-0.2, 0) is 9.59 Å². The normalized spacial score (nSPS) is 17.1. The SMILES string of the molecule is C[C@@H](NC(=O)C[C@H]1Oc2ccccc2NC1=O)c1cc2ccccc2o1. The highest BCUT2D eigenvalue weighted by Gasteiger charge is 2.30. The third-order valence-corrected chi connectivity index (χ3v) is 4.33. The van der Waals surface area contributed by atoms with Crippen molar-refractivity contribution in [3.63, 3.8) is 0 Å². The molecular weight excluding hydrogens is 332 g/mol. The molecule has 6 nitrogen and oxygen atoms in total. The van der Waals surface area contributed by atoms with Crippen LogP contribution in [-0.4, -0.2) is 17.9 Å². The zero-order valence-electron chi connectivity index (χ0n) is 14.2. The third-order valence-electron chi connectivity index (χ3n) is 4.33. The maximum absolute atomic E-state index is 12.4. The molecule has 0 spiro atoms. The summed E-state index contributed by atoms with van der Waals surface area (Å²) in [7, 11) is 0. The van der Waals surface area contributed by atoms with Crippen LogP contribution in [0, 0.1) is 0 Å². The summed E-state index contributed by atoms with van der Waals surface area (Å²) in [5, 5.41) is 6.59. The van der Waals surface area contributed by atoms with Gasteiger partial charge >= 0.3 is 0 Å². The first-order valence-electron chi connectivity index (χ1n) is 8.44. The van der Waals surface area contributed by atoms with E-state index in [2.05, 4.69) is 10.6 Å².